The van der Waals surface area contributed by atoms with Crippen LogP contribution in [0.3, 0.4) is 0 Å². The Labute approximate surface area is 111 Å². The zero-order valence-corrected chi connectivity index (χ0v) is 11.0. The molecule has 0 aromatic heterocycles. The van der Waals surface area contributed by atoms with Gasteiger partial charge in [0.25, 0.3) is 5.69 Å². The number of hydrogen-bond donors (Lipinski definition) is 1. The molecule has 1 saturated heterocycles. The molecular formula is C12H16ClN3O2. The van der Waals surface area contributed by atoms with Crippen molar-refractivity contribution in [2.24, 2.45) is 0 Å². The van der Waals surface area contributed by atoms with E-state index in [0.29, 0.717) is 12.6 Å². The molecule has 6 heteroatoms. The van der Waals surface area contributed by atoms with Gasteiger partial charge in [-0.25, -0.2) is 0 Å². The highest BCUT2D eigenvalue weighted by atomic mass is 35.5. The zero-order valence-electron chi connectivity index (χ0n) is 10.2. The largest absolute Gasteiger partial charge is 0.315 e. The summed E-state index contributed by atoms with van der Waals surface area (Å²) in [5, 5.41) is 14.3. The first-order chi connectivity index (χ1) is 8.58. The van der Waals surface area contributed by atoms with Crippen LogP contribution in [0.25, 0.3) is 0 Å². The van der Waals surface area contributed by atoms with Crippen LogP contribution >= 0.6 is 11.6 Å². The standard InChI is InChI=1S/C12H16ClN3O2/c1-15(10-4-5-14-7-10)8-9-2-3-11(13)12(6-9)16(17)18/h2-3,6,10,14H,4-5,7-8H2,1H3. The van der Waals surface area contributed by atoms with Gasteiger partial charge in [0, 0.05) is 25.2 Å². The predicted molar refractivity (Wildman–Crippen MR) is 70.8 cm³/mol. The number of nitro groups is 1. The molecule has 1 aromatic carbocycles. The number of nitrogens with one attached hydrogen (secondary N) is 1. The molecule has 0 bridgehead atoms. The zero-order chi connectivity index (χ0) is 13.1. The fourth-order valence-electron chi connectivity index (χ4n) is 2.23. The van der Waals surface area contributed by atoms with Crippen molar-refractivity contribution in [3.05, 3.63) is 38.9 Å². The van der Waals surface area contributed by atoms with Crippen LogP contribution < -0.4 is 5.32 Å². The van der Waals surface area contributed by atoms with Crippen molar-refractivity contribution < 1.29 is 4.92 Å². The molecule has 0 saturated carbocycles. The van der Waals surface area contributed by atoms with E-state index in [0.717, 1.165) is 25.1 Å². The fraction of sp³-hybridized carbons (Fsp3) is 0.500. The molecule has 1 N–H and O–H groups in total. The topological polar surface area (TPSA) is 58.4 Å². The second-order valence-electron chi connectivity index (χ2n) is 4.60. The van der Waals surface area contributed by atoms with E-state index in [1.165, 1.54) is 0 Å². The molecule has 1 unspecified atom stereocenters. The van der Waals surface area contributed by atoms with Crippen molar-refractivity contribution in [2.45, 2.75) is 19.0 Å². The third-order valence-electron chi connectivity index (χ3n) is 3.30. The normalized spacial score (nSPS) is 19.4. The number of nitro benzene ring substituents is 1. The minimum atomic E-state index is -0.442. The molecule has 1 aliphatic rings. The third kappa shape index (κ3) is 2.98. The summed E-state index contributed by atoms with van der Waals surface area (Å²) in [6, 6.07) is 5.49. The van der Waals surface area contributed by atoms with Crippen molar-refractivity contribution in [3.8, 4) is 0 Å². The Morgan fingerprint density at radius 3 is 3.00 bits per heavy atom. The van der Waals surface area contributed by atoms with Crippen molar-refractivity contribution in [1.29, 1.82) is 0 Å². The van der Waals surface area contributed by atoms with Crippen molar-refractivity contribution in [1.82, 2.24) is 10.2 Å². The van der Waals surface area contributed by atoms with Gasteiger partial charge in [-0.15, -0.1) is 0 Å². The lowest BCUT2D eigenvalue weighted by Gasteiger charge is -2.23. The first-order valence-electron chi connectivity index (χ1n) is 5.91. The molecular weight excluding hydrogens is 254 g/mol. The highest BCUT2D eigenvalue weighted by molar-refractivity contribution is 6.32. The fourth-order valence-corrected chi connectivity index (χ4v) is 2.42. The summed E-state index contributed by atoms with van der Waals surface area (Å²) >= 11 is 5.79. The first kappa shape index (κ1) is 13.3. The molecule has 5 nitrogen and oxygen atoms in total. The lowest BCUT2D eigenvalue weighted by molar-refractivity contribution is -0.384. The Kier molecular flexibility index (Phi) is 4.16. The van der Waals surface area contributed by atoms with Crippen molar-refractivity contribution >= 4 is 17.3 Å². The van der Waals surface area contributed by atoms with E-state index < -0.39 is 4.92 Å². The van der Waals surface area contributed by atoms with E-state index >= 15 is 0 Å². The second kappa shape index (κ2) is 5.65. The van der Waals surface area contributed by atoms with Crippen LogP contribution in [0, 0.1) is 10.1 Å². The summed E-state index contributed by atoms with van der Waals surface area (Å²) in [6.07, 6.45) is 1.12. The van der Waals surface area contributed by atoms with Crippen LogP contribution in [-0.2, 0) is 6.54 Å². The van der Waals surface area contributed by atoms with E-state index in [-0.39, 0.29) is 10.7 Å². The average Bonchev–Trinajstić information content (AvgIpc) is 2.85. The predicted octanol–water partition coefficient (Wildman–Crippen LogP) is 2.04. The number of nitrogens with zero attached hydrogens (tertiary/aromatic N) is 2. The van der Waals surface area contributed by atoms with Gasteiger partial charge < -0.3 is 5.32 Å². The summed E-state index contributed by atoms with van der Waals surface area (Å²) in [5.41, 5.74) is 0.896. The van der Waals surface area contributed by atoms with E-state index in [4.69, 9.17) is 11.6 Å². The lowest BCUT2D eigenvalue weighted by atomic mass is 10.1. The van der Waals surface area contributed by atoms with Gasteiger partial charge in [-0.2, -0.15) is 0 Å². The van der Waals surface area contributed by atoms with Crippen LogP contribution in [-0.4, -0.2) is 36.0 Å². The maximum atomic E-state index is 10.8. The Balaban J connectivity index is 2.09. The number of likely N-dealkylation sites (N-methyl/N-ethyl adjacent to an activating group) is 1. The Morgan fingerprint density at radius 1 is 1.61 bits per heavy atom. The third-order valence-corrected chi connectivity index (χ3v) is 3.62. The maximum absolute atomic E-state index is 10.8. The highest BCUT2D eigenvalue weighted by Crippen LogP contribution is 2.25. The average molecular weight is 270 g/mol. The first-order valence-corrected chi connectivity index (χ1v) is 6.29. The van der Waals surface area contributed by atoms with Gasteiger partial charge in [-0.1, -0.05) is 17.7 Å². The number of halogens is 1. The van der Waals surface area contributed by atoms with E-state index in [2.05, 4.69) is 10.2 Å². The molecule has 1 aliphatic heterocycles. The van der Waals surface area contributed by atoms with E-state index in [1.807, 2.05) is 13.1 Å². The molecule has 0 amide bonds. The van der Waals surface area contributed by atoms with Crippen LogP contribution in [0.5, 0.6) is 0 Å². The molecule has 1 aromatic rings. The van der Waals surface area contributed by atoms with Gasteiger partial charge in [0.15, 0.2) is 0 Å². The molecule has 0 aliphatic carbocycles. The van der Waals surface area contributed by atoms with E-state index in [1.54, 1.807) is 12.1 Å². The van der Waals surface area contributed by atoms with Gasteiger partial charge in [0.1, 0.15) is 5.02 Å². The quantitative estimate of drug-likeness (QED) is 0.671. The van der Waals surface area contributed by atoms with Gasteiger partial charge in [-0.05, 0) is 31.6 Å². The summed E-state index contributed by atoms with van der Waals surface area (Å²) in [7, 11) is 2.04. The molecule has 1 heterocycles. The van der Waals surface area contributed by atoms with E-state index in [9.17, 15) is 10.1 Å². The van der Waals surface area contributed by atoms with Crippen LogP contribution in [0.1, 0.15) is 12.0 Å². The Hall–Kier alpha value is -1.17. The van der Waals surface area contributed by atoms with Crippen LogP contribution in [0.15, 0.2) is 18.2 Å². The van der Waals surface area contributed by atoms with Crippen LogP contribution in [0.2, 0.25) is 5.02 Å². The number of benzene rings is 1. The lowest BCUT2D eigenvalue weighted by Crippen LogP contribution is -2.32. The molecule has 1 fully saturated rings. The molecule has 18 heavy (non-hydrogen) atoms. The molecule has 0 spiro atoms. The molecule has 1 atom stereocenters. The van der Waals surface area contributed by atoms with Gasteiger partial charge in [0.2, 0.25) is 0 Å². The smallest absolute Gasteiger partial charge is 0.288 e. The SMILES string of the molecule is CN(Cc1ccc(Cl)c([N+](=O)[O-])c1)C1CCNC1. The summed E-state index contributed by atoms with van der Waals surface area (Å²) in [6.45, 7) is 2.71. The van der Waals surface area contributed by atoms with Gasteiger partial charge >= 0.3 is 0 Å². The number of hydrogen-bond acceptors (Lipinski definition) is 4. The van der Waals surface area contributed by atoms with Crippen molar-refractivity contribution in [2.75, 3.05) is 20.1 Å². The summed E-state index contributed by atoms with van der Waals surface area (Å²) < 4.78 is 0. The molecule has 2 rings (SSSR count). The van der Waals surface area contributed by atoms with Gasteiger partial charge in [-0.3, -0.25) is 15.0 Å². The second-order valence-corrected chi connectivity index (χ2v) is 5.01. The maximum Gasteiger partial charge on any atom is 0.288 e. The highest BCUT2D eigenvalue weighted by Gasteiger charge is 2.20. The molecule has 98 valence electrons. The number of rotatable bonds is 4. The molecule has 0 radical (unpaired) electrons. The summed E-state index contributed by atoms with van der Waals surface area (Å²) in [4.78, 5) is 12.6. The van der Waals surface area contributed by atoms with Crippen molar-refractivity contribution in [3.63, 3.8) is 0 Å². The Bertz CT molecular complexity index is 447. The monoisotopic (exact) mass is 269 g/mol. The summed E-state index contributed by atoms with van der Waals surface area (Å²) in [5.74, 6) is 0. The van der Waals surface area contributed by atoms with Gasteiger partial charge in [0.05, 0.1) is 4.92 Å². The Morgan fingerprint density at radius 2 is 2.39 bits per heavy atom. The minimum absolute atomic E-state index is 0.0212. The minimum Gasteiger partial charge on any atom is -0.315 e. The van der Waals surface area contributed by atoms with Crippen LogP contribution in [0.4, 0.5) is 5.69 Å².